The predicted octanol–water partition coefficient (Wildman–Crippen LogP) is 6.53. The van der Waals surface area contributed by atoms with E-state index >= 15 is 0 Å². The quantitative estimate of drug-likeness (QED) is 0.180. The number of nitrogens with one attached hydrogen (secondary N) is 1. The summed E-state index contributed by atoms with van der Waals surface area (Å²) >= 11 is 1.33. The highest BCUT2D eigenvalue weighted by atomic mass is 32.2. The Kier molecular flexibility index (Phi) is 8.27. The molecule has 1 aliphatic rings. The first-order valence-electron chi connectivity index (χ1n) is 12.8. The van der Waals surface area contributed by atoms with Crippen LogP contribution in [0.15, 0.2) is 95.3 Å². The van der Waals surface area contributed by atoms with Crippen LogP contribution in [0.3, 0.4) is 0 Å². The molecule has 5 rings (SSSR count). The van der Waals surface area contributed by atoms with E-state index in [2.05, 4.69) is 17.2 Å². The Bertz CT molecular complexity index is 1470. The van der Waals surface area contributed by atoms with E-state index in [1.54, 1.807) is 22.9 Å². The number of rotatable bonds is 10. The Balaban J connectivity index is 1.44. The van der Waals surface area contributed by atoms with Crippen molar-refractivity contribution in [2.24, 2.45) is 0 Å². The van der Waals surface area contributed by atoms with Crippen LogP contribution in [0.1, 0.15) is 43.0 Å². The van der Waals surface area contributed by atoms with Crippen LogP contribution in [0.2, 0.25) is 0 Å². The second kappa shape index (κ2) is 12.2. The number of esters is 1. The first-order valence-corrected chi connectivity index (χ1v) is 13.8. The molecule has 0 saturated heterocycles. The number of hydrogen-bond donors (Lipinski definition) is 1. The third-order valence-corrected chi connectivity index (χ3v) is 7.14. The average molecular weight is 545 g/mol. The van der Waals surface area contributed by atoms with Gasteiger partial charge in [0.2, 0.25) is 11.1 Å². The van der Waals surface area contributed by atoms with Crippen molar-refractivity contribution >= 4 is 23.7 Å². The van der Waals surface area contributed by atoms with Crippen LogP contribution in [0.5, 0.6) is 5.75 Å². The number of anilines is 1. The molecular weight excluding hydrogens is 515 g/mol. The Labute approximate surface area is 231 Å². The van der Waals surface area contributed by atoms with Crippen LogP contribution in [0, 0.1) is 5.82 Å². The standard InChI is InChI=1S/C30H29FN4O3S/c1-3-17-37-24-15-13-22(14-16-24)27-26(28(36)38-18-21-9-5-4-6-10-21)20(2)32-29-33-30(34-35(27)29)39-19-23-11-7-8-12-25(23)31/h4-16,27H,3,17-19H2,1-2H3,(H,32,33,34). The molecule has 4 aromatic rings. The van der Waals surface area contributed by atoms with Gasteiger partial charge in [-0.2, -0.15) is 4.98 Å². The summed E-state index contributed by atoms with van der Waals surface area (Å²) in [5.74, 6) is 0.920. The van der Waals surface area contributed by atoms with Crippen molar-refractivity contribution in [3.63, 3.8) is 0 Å². The molecule has 3 aromatic carbocycles. The lowest BCUT2D eigenvalue weighted by atomic mass is 9.95. The highest BCUT2D eigenvalue weighted by molar-refractivity contribution is 7.98. The smallest absolute Gasteiger partial charge is 0.338 e. The van der Waals surface area contributed by atoms with Crippen LogP contribution in [-0.2, 0) is 21.9 Å². The van der Waals surface area contributed by atoms with Gasteiger partial charge < -0.3 is 14.8 Å². The number of carbonyl (C=O) groups excluding carboxylic acids is 1. The highest BCUT2D eigenvalue weighted by Gasteiger charge is 2.35. The van der Waals surface area contributed by atoms with E-state index in [4.69, 9.17) is 14.6 Å². The van der Waals surface area contributed by atoms with Gasteiger partial charge in [0.1, 0.15) is 24.2 Å². The van der Waals surface area contributed by atoms with E-state index in [9.17, 15) is 9.18 Å². The van der Waals surface area contributed by atoms with E-state index in [1.165, 1.54) is 17.8 Å². The molecule has 39 heavy (non-hydrogen) atoms. The summed E-state index contributed by atoms with van der Waals surface area (Å²) in [4.78, 5) is 18.1. The normalized spacial score (nSPS) is 14.5. The minimum absolute atomic E-state index is 0.154. The molecule has 2 heterocycles. The number of nitrogens with zero attached hydrogens (tertiary/aromatic N) is 3. The van der Waals surface area contributed by atoms with Crippen molar-refractivity contribution in [3.8, 4) is 5.75 Å². The first-order chi connectivity index (χ1) is 19.0. The van der Waals surface area contributed by atoms with Gasteiger partial charge >= 0.3 is 5.97 Å². The summed E-state index contributed by atoms with van der Waals surface area (Å²) in [6.45, 7) is 4.66. The molecular formula is C30H29FN4O3S. The van der Waals surface area contributed by atoms with E-state index < -0.39 is 12.0 Å². The summed E-state index contributed by atoms with van der Waals surface area (Å²) in [6.07, 6.45) is 0.908. The minimum Gasteiger partial charge on any atom is -0.494 e. The van der Waals surface area contributed by atoms with Gasteiger partial charge in [0, 0.05) is 11.4 Å². The molecule has 9 heteroatoms. The molecule has 1 unspecified atom stereocenters. The topological polar surface area (TPSA) is 78.3 Å². The molecule has 7 nitrogen and oxygen atoms in total. The van der Waals surface area contributed by atoms with Crippen LogP contribution in [0.4, 0.5) is 10.3 Å². The fourth-order valence-corrected chi connectivity index (χ4v) is 5.11. The number of carbonyl (C=O) groups is 1. The van der Waals surface area contributed by atoms with Crippen molar-refractivity contribution in [2.45, 2.75) is 43.8 Å². The van der Waals surface area contributed by atoms with E-state index in [0.29, 0.717) is 40.3 Å². The van der Waals surface area contributed by atoms with Gasteiger partial charge in [-0.3, -0.25) is 0 Å². The van der Waals surface area contributed by atoms with E-state index in [0.717, 1.165) is 23.3 Å². The van der Waals surface area contributed by atoms with Gasteiger partial charge in [0.25, 0.3) is 0 Å². The number of aromatic nitrogens is 3. The largest absolute Gasteiger partial charge is 0.494 e. The number of fused-ring (bicyclic) bond motifs is 1. The Morgan fingerprint density at radius 2 is 1.79 bits per heavy atom. The molecule has 1 N–H and O–H groups in total. The lowest BCUT2D eigenvalue weighted by Crippen LogP contribution is -2.29. The zero-order valence-corrected chi connectivity index (χ0v) is 22.6. The molecule has 0 aliphatic carbocycles. The Morgan fingerprint density at radius 1 is 1.05 bits per heavy atom. The number of allylic oxidation sites excluding steroid dienone is 1. The summed E-state index contributed by atoms with van der Waals surface area (Å²) in [5.41, 5.74) is 3.38. The third kappa shape index (κ3) is 6.15. The summed E-state index contributed by atoms with van der Waals surface area (Å²) in [7, 11) is 0. The predicted molar refractivity (Wildman–Crippen MR) is 149 cm³/mol. The monoisotopic (exact) mass is 544 g/mol. The van der Waals surface area contributed by atoms with Gasteiger partial charge in [-0.15, -0.1) is 5.10 Å². The number of ether oxygens (including phenoxy) is 2. The number of halogens is 1. The maximum Gasteiger partial charge on any atom is 0.338 e. The Morgan fingerprint density at radius 3 is 2.54 bits per heavy atom. The van der Waals surface area contributed by atoms with Gasteiger partial charge in [0.05, 0.1) is 12.2 Å². The van der Waals surface area contributed by atoms with Crippen LogP contribution >= 0.6 is 11.8 Å². The maximum atomic E-state index is 14.2. The second-order valence-corrected chi connectivity index (χ2v) is 10.0. The molecule has 1 atom stereocenters. The number of hydrogen-bond acceptors (Lipinski definition) is 7. The van der Waals surface area contributed by atoms with Crippen LogP contribution in [0.25, 0.3) is 0 Å². The first kappa shape index (κ1) is 26.5. The second-order valence-electron chi connectivity index (χ2n) is 9.09. The SMILES string of the molecule is CCCOc1ccc(C2C(C(=O)OCc3ccccc3)=C(C)Nc3nc(SCc4ccccc4F)nn32)cc1. The fraction of sp³-hybridized carbons (Fsp3) is 0.233. The molecule has 0 radical (unpaired) electrons. The zero-order chi connectivity index (χ0) is 27.2. The average Bonchev–Trinajstić information content (AvgIpc) is 3.37. The van der Waals surface area contributed by atoms with Crippen molar-refractivity contribution in [2.75, 3.05) is 11.9 Å². The molecule has 0 fully saturated rings. The summed E-state index contributed by atoms with van der Waals surface area (Å²) in [5, 5.41) is 8.41. The lowest BCUT2D eigenvalue weighted by Gasteiger charge is -2.28. The van der Waals surface area contributed by atoms with Gasteiger partial charge in [-0.05, 0) is 48.2 Å². The lowest BCUT2D eigenvalue weighted by molar-refractivity contribution is -0.140. The van der Waals surface area contributed by atoms with Gasteiger partial charge in [-0.25, -0.2) is 13.9 Å². The van der Waals surface area contributed by atoms with Crippen molar-refractivity contribution in [1.29, 1.82) is 0 Å². The van der Waals surface area contributed by atoms with Crippen molar-refractivity contribution in [3.05, 3.63) is 113 Å². The summed E-state index contributed by atoms with van der Waals surface area (Å²) < 4.78 is 27.3. The maximum absolute atomic E-state index is 14.2. The molecule has 0 spiro atoms. The molecule has 0 saturated carbocycles. The molecule has 200 valence electrons. The third-order valence-electron chi connectivity index (χ3n) is 6.25. The zero-order valence-electron chi connectivity index (χ0n) is 21.8. The van der Waals surface area contributed by atoms with E-state index in [1.807, 2.05) is 61.5 Å². The van der Waals surface area contributed by atoms with E-state index in [-0.39, 0.29) is 12.4 Å². The molecule has 0 bridgehead atoms. The van der Waals surface area contributed by atoms with Crippen LogP contribution < -0.4 is 10.1 Å². The summed E-state index contributed by atoms with van der Waals surface area (Å²) in [6, 6.07) is 23.3. The van der Waals surface area contributed by atoms with Gasteiger partial charge in [0.15, 0.2) is 0 Å². The highest BCUT2D eigenvalue weighted by Crippen LogP contribution is 2.37. The van der Waals surface area contributed by atoms with Crippen LogP contribution in [-0.4, -0.2) is 27.3 Å². The molecule has 0 amide bonds. The van der Waals surface area contributed by atoms with Crippen molar-refractivity contribution in [1.82, 2.24) is 14.8 Å². The fourth-order valence-electron chi connectivity index (χ4n) is 4.29. The Hall–Kier alpha value is -4.11. The number of thioether (sulfide) groups is 1. The molecule has 1 aliphatic heterocycles. The minimum atomic E-state index is -0.569. The van der Waals surface area contributed by atoms with Crippen molar-refractivity contribution < 1.29 is 18.7 Å². The molecule has 1 aromatic heterocycles. The number of benzene rings is 3. The van der Waals surface area contributed by atoms with Gasteiger partial charge in [-0.1, -0.05) is 79.3 Å².